The third kappa shape index (κ3) is 2.26. The molecule has 0 aliphatic heterocycles. The molecule has 0 saturated carbocycles. The van der Waals surface area contributed by atoms with Crippen LogP contribution in [-0.4, -0.2) is 4.98 Å². The summed E-state index contributed by atoms with van der Waals surface area (Å²) in [4.78, 5) is 4.98. The summed E-state index contributed by atoms with van der Waals surface area (Å²) in [6.07, 6.45) is 0. The van der Waals surface area contributed by atoms with Gasteiger partial charge in [-0.3, -0.25) is 0 Å². The molecule has 0 aliphatic carbocycles. The largest absolute Gasteiger partial charge is 0.455 e. The molecule has 31 heavy (non-hydrogen) atoms. The number of oxazole rings is 1. The minimum atomic E-state index is 0.588. The third-order valence-corrected chi connectivity index (χ3v) is 6.21. The van der Waals surface area contributed by atoms with Crippen LogP contribution in [0.2, 0.25) is 0 Å². The van der Waals surface area contributed by atoms with Gasteiger partial charge in [0.2, 0.25) is 5.89 Å². The molecule has 2 heterocycles. The van der Waals surface area contributed by atoms with Crippen molar-refractivity contribution in [1.29, 1.82) is 0 Å². The Hall–Kier alpha value is -4.11. The Balaban J connectivity index is 1.67. The quantitative estimate of drug-likeness (QED) is 0.281. The molecule has 7 aromatic rings. The second kappa shape index (κ2) is 5.96. The van der Waals surface area contributed by atoms with Crippen LogP contribution in [0, 0.1) is 6.92 Å². The molecule has 146 valence electrons. The number of aryl methyl sites for hydroxylation is 1. The molecule has 5 aromatic carbocycles. The lowest BCUT2D eigenvalue weighted by Gasteiger charge is -2.05. The van der Waals surface area contributed by atoms with Gasteiger partial charge in [0.25, 0.3) is 0 Å². The van der Waals surface area contributed by atoms with Crippen molar-refractivity contribution in [3.63, 3.8) is 0 Å². The molecule has 0 bridgehead atoms. The van der Waals surface area contributed by atoms with E-state index in [0.29, 0.717) is 5.89 Å². The summed E-state index contributed by atoms with van der Waals surface area (Å²) < 4.78 is 12.7. The van der Waals surface area contributed by atoms with Gasteiger partial charge in [0, 0.05) is 16.2 Å². The highest BCUT2D eigenvalue weighted by Crippen LogP contribution is 2.42. The first-order chi connectivity index (χ1) is 15.3. The van der Waals surface area contributed by atoms with Crippen molar-refractivity contribution < 1.29 is 8.83 Å². The zero-order valence-corrected chi connectivity index (χ0v) is 16.8. The van der Waals surface area contributed by atoms with Crippen molar-refractivity contribution in [2.75, 3.05) is 0 Å². The monoisotopic (exact) mass is 399 g/mol. The lowest BCUT2D eigenvalue weighted by Crippen LogP contribution is -1.84. The van der Waals surface area contributed by atoms with E-state index in [2.05, 4.69) is 55.5 Å². The van der Waals surface area contributed by atoms with E-state index in [-0.39, 0.29) is 0 Å². The maximum absolute atomic E-state index is 6.41. The van der Waals surface area contributed by atoms with E-state index >= 15 is 0 Å². The zero-order valence-electron chi connectivity index (χ0n) is 16.8. The van der Waals surface area contributed by atoms with Crippen molar-refractivity contribution in [2.24, 2.45) is 0 Å². The van der Waals surface area contributed by atoms with Gasteiger partial charge < -0.3 is 8.83 Å². The van der Waals surface area contributed by atoms with Gasteiger partial charge in [0.05, 0.1) is 5.56 Å². The van der Waals surface area contributed by atoms with Crippen LogP contribution < -0.4 is 0 Å². The van der Waals surface area contributed by atoms with Crippen molar-refractivity contribution in [2.45, 2.75) is 6.92 Å². The van der Waals surface area contributed by atoms with E-state index in [1.54, 1.807) is 0 Å². The topological polar surface area (TPSA) is 39.2 Å². The van der Waals surface area contributed by atoms with E-state index in [1.807, 2.05) is 36.4 Å². The molecule has 0 aliphatic rings. The van der Waals surface area contributed by atoms with Gasteiger partial charge in [-0.05, 0) is 46.8 Å². The Bertz CT molecular complexity index is 1800. The Morgan fingerprint density at radius 1 is 0.645 bits per heavy atom. The van der Waals surface area contributed by atoms with E-state index in [0.717, 1.165) is 60.1 Å². The zero-order chi connectivity index (χ0) is 20.5. The van der Waals surface area contributed by atoms with Crippen molar-refractivity contribution in [3.05, 3.63) is 90.5 Å². The van der Waals surface area contributed by atoms with E-state index < -0.39 is 0 Å². The Morgan fingerprint density at radius 2 is 1.45 bits per heavy atom. The van der Waals surface area contributed by atoms with Gasteiger partial charge in [0.1, 0.15) is 16.7 Å². The van der Waals surface area contributed by atoms with Crippen molar-refractivity contribution in [3.8, 4) is 11.5 Å². The van der Waals surface area contributed by atoms with Crippen LogP contribution in [0.4, 0.5) is 0 Å². The fourth-order valence-corrected chi connectivity index (χ4v) is 4.78. The normalized spacial score (nSPS) is 12.0. The average molecular weight is 399 g/mol. The maximum atomic E-state index is 6.41. The highest BCUT2D eigenvalue weighted by molar-refractivity contribution is 6.18. The number of aromatic nitrogens is 1. The number of hydrogen-bond donors (Lipinski definition) is 0. The molecule has 3 nitrogen and oxygen atoms in total. The number of hydrogen-bond acceptors (Lipinski definition) is 3. The molecule has 0 amide bonds. The second-order valence-corrected chi connectivity index (χ2v) is 8.05. The lowest BCUT2D eigenvalue weighted by molar-refractivity contribution is 0.616. The van der Waals surface area contributed by atoms with Crippen molar-refractivity contribution in [1.82, 2.24) is 4.98 Å². The van der Waals surface area contributed by atoms with Crippen molar-refractivity contribution >= 4 is 54.6 Å². The van der Waals surface area contributed by atoms with Gasteiger partial charge in [-0.1, -0.05) is 66.7 Å². The molecule has 0 unspecified atom stereocenters. The van der Waals surface area contributed by atoms with Crippen LogP contribution in [0.1, 0.15) is 5.56 Å². The van der Waals surface area contributed by atoms with Gasteiger partial charge >= 0.3 is 0 Å². The van der Waals surface area contributed by atoms with Crippen LogP contribution >= 0.6 is 0 Å². The van der Waals surface area contributed by atoms with Gasteiger partial charge in [-0.2, -0.15) is 0 Å². The fraction of sp³-hybridized carbons (Fsp3) is 0.0357. The number of fused-ring (bicyclic) bond motifs is 7. The Kier molecular flexibility index (Phi) is 3.20. The standard InChI is InChI=1S/C28H17NO2/c1-16-7-6-12-22-24(16)21-15-18-9-3-4-10-19(18)25(27(21)30-22)28-29-26-20-11-5-2-8-17(20)13-14-23(26)31-28/h2-15H,1H3. The molecular formula is C28H17NO2. The fourth-order valence-electron chi connectivity index (χ4n) is 4.78. The number of nitrogens with zero attached hydrogens (tertiary/aromatic N) is 1. The molecule has 0 atom stereocenters. The van der Waals surface area contributed by atoms with Gasteiger partial charge in [0.15, 0.2) is 5.58 Å². The summed E-state index contributed by atoms with van der Waals surface area (Å²) in [5.41, 5.74) is 5.46. The molecule has 0 radical (unpaired) electrons. The summed E-state index contributed by atoms with van der Waals surface area (Å²) >= 11 is 0. The predicted octanol–water partition coefficient (Wildman–Crippen LogP) is 8.01. The highest BCUT2D eigenvalue weighted by atomic mass is 16.4. The van der Waals surface area contributed by atoms with Crippen LogP contribution in [0.25, 0.3) is 66.0 Å². The molecule has 0 N–H and O–H groups in total. The average Bonchev–Trinajstić information content (AvgIpc) is 3.39. The van der Waals surface area contributed by atoms with Crippen LogP contribution in [0.5, 0.6) is 0 Å². The minimum absolute atomic E-state index is 0.588. The smallest absolute Gasteiger partial charge is 0.231 e. The molecule has 0 fully saturated rings. The predicted molar refractivity (Wildman–Crippen MR) is 126 cm³/mol. The molecule has 0 spiro atoms. The van der Waals surface area contributed by atoms with Crippen LogP contribution in [0.3, 0.4) is 0 Å². The molecule has 3 heteroatoms. The summed E-state index contributed by atoms with van der Waals surface area (Å²) in [5, 5.41) is 6.69. The summed E-state index contributed by atoms with van der Waals surface area (Å²) in [6.45, 7) is 2.12. The number of furan rings is 1. The van der Waals surface area contributed by atoms with Gasteiger partial charge in [-0.25, -0.2) is 4.98 Å². The van der Waals surface area contributed by atoms with E-state index in [4.69, 9.17) is 13.8 Å². The molecular weight excluding hydrogens is 382 g/mol. The summed E-state index contributed by atoms with van der Waals surface area (Å²) in [5.74, 6) is 0.588. The molecule has 2 aromatic heterocycles. The first kappa shape index (κ1) is 16.7. The van der Waals surface area contributed by atoms with Gasteiger partial charge in [-0.15, -0.1) is 0 Å². The van der Waals surface area contributed by atoms with E-state index in [1.165, 1.54) is 5.56 Å². The van der Waals surface area contributed by atoms with Crippen LogP contribution in [0.15, 0.2) is 93.8 Å². The third-order valence-electron chi connectivity index (χ3n) is 6.21. The second-order valence-electron chi connectivity index (χ2n) is 8.05. The Morgan fingerprint density at radius 3 is 2.35 bits per heavy atom. The minimum Gasteiger partial charge on any atom is -0.455 e. The van der Waals surface area contributed by atoms with E-state index in [9.17, 15) is 0 Å². The SMILES string of the molecule is Cc1cccc2oc3c(-c4nc5c(ccc6ccccc65)o4)c4ccccc4cc3c12. The number of benzene rings is 5. The summed E-state index contributed by atoms with van der Waals surface area (Å²) in [7, 11) is 0. The lowest BCUT2D eigenvalue weighted by atomic mass is 9.99. The first-order valence-corrected chi connectivity index (χ1v) is 10.4. The molecule has 7 rings (SSSR count). The molecule has 0 saturated heterocycles. The Labute approximate surface area is 177 Å². The van der Waals surface area contributed by atoms with Crippen LogP contribution in [-0.2, 0) is 0 Å². The number of rotatable bonds is 1. The first-order valence-electron chi connectivity index (χ1n) is 10.4. The highest BCUT2D eigenvalue weighted by Gasteiger charge is 2.21. The summed E-state index contributed by atoms with van der Waals surface area (Å²) in [6, 6.07) is 29.1. The maximum Gasteiger partial charge on any atom is 0.231 e.